The van der Waals surface area contributed by atoms with Gasteiger partial charge in [0, 0.05) is 13.0 Å². The Hall–Kier alpha value is -0.610. The van der Waals surface area contributed by atoms with E-state index in [1.165, 1.54) is 32.1 Å². The Morgan fingerprint density at radius 3 is 2.60 bits per heavy atom. The van der Waals surface area contributed by atoms with Crippen molar-refractivity contribution in [2.45, 2.75) is 63.9 Å². The number of amides is 1. The minimum absolute atomic E-state index is 0.148. The largest absolute Gasteiger partial charge is 0.378 e. The maximum absolute atomic E-state index is 11.7. The van der Waals surface area contributed by atoms with E-state index in [1.807, 2.05) is 0 Å². The van der Waals surface area contributed by atoms with Gasteiger partial charge in [0.1, 0.15) is 0 Å². The molecule has 20 heavy (non-hydrogen) atoms. The Kier molecular flexibility index (Phi) is 7.37. The van der Waals surface area contributed by atoms with Crippen LogP contribution in [0.25, 0.3) is 0 Å². The molecular formula is C16H30N2O2. The number of hydrogen-bond donors (Lipinski definition) is 2. The van der Waals surface area contributed by atoms with Gasteiger partial charge in [0.25, 0.3) is 0 Å². The van der Waals surface area contributed by atoms with Gasteiger partial charge in [0.15, 0.2) is 0 Å². The van der Waals surface area contributed by atoms with E-state index in [2.05, 4.69) is 10.6 Å². The van der Waals surface area contributed by atoms with Crippen LogP contribution in [0.5, 0.6) is 0 Å². The number of ether oxygens (including phenoxy) is 1. The molecule has 2 aliphatic rings. The summed E-state index contributed by atoms with van der Waals surface area (Å²) in [5.41, 5.74) is 0. The van der Waals surface area contributed by atoms with Crippen molar-refractivity contribution in [3.8, 4) is 0 Å². The molecular weight excluding hydrogens is 252 g/mol. The smallest absolute Gasteiger partial charge is 0.222 e. The molecule has 1 aliphatic heterocycles. The van der Waals surface area contributed by atoms with Gasteiger partial charge in [-0.25, -0.2) is 0 Å². The number of hydrogen-bond acceptors (Lipinski definition) is 3. The summed E-state index contributed by atoms with van der Waals surface area (Å²) in [6.45, 7) is 3.49. The highest BCUT2D eigenvalue weighted by molar-refractivity contribution is 5.75. The topological polar surface area (TPSA) is 50.4 Å². The molecule has 0 aromatic carbocycles. The summed E-state index contributed by atoms with van der Waals surface area (Å²) >= 11 is 0. The summed E-state index contributed by atoms with van der Waals surface area (Å²) in [7, 11) is 0. The molecule has 0 radical (unpaired) electrons. The molecule has 4 heteroatoms. The van der Waals surface area contributed by atoms with Crippen molar-refractivity contribution in [2.75, 3.05) is 26.2 Å². The van der Waals surface area contributed by atoms with Crippen LogP contribution in [0, 0.1) is 5.92 Å². The fourth-order valence-corrected chi connectivity index (χ4v) is 3.26. The molecule has 0 spiro atoms. The van der Waals surface area contributed by atoms with E-state index < -0.39 is 0 Å². The van der Waals surface area contributed by atoms with Crippen molar-refractivity contribution < 1.29 is 9.53 Å². The van der Waals surface area contributed by atoms with Crippen molar-refractivity contribution in [2.24, 2.45) is 5.92 Å². The average Bonchev–Trinajstić information content (AvgIpc) is 2.49. The van der Waals surface area contributed by atoms with Crippen LogP contribution < -0.4 is 10.6 Å². The first-order valence-corrected chi connectivity index (χ1v) is 8.43. The lowest BCUT2D eigenvalue weighted by Crippen LogP contribution is -2.33. The lowest BCUT2D eigenvalue weighted by molar-refractivity contribution is -0.122. The van der Waals surface area contributed by atoms with Crippen LogP contribution >= 0.6 is 0 Å². The summed E-state index contributed by atoms with van der Waals surface area (Å²) in [6, 6.07) is 0. The molecule has 0 atom stereocenters. The molecule has 1 amide bonds. The zero-order chi connectivity index (χ0) is 14.0. The van der Waals surface area contributed by atoms with Gasteiger partial charge >= 0.3 is 0 Å². The normalized spacial score (nSPS) is 21.8. The molecule has 0 aromatic heterocycles. The third kappa shape index (κ3) is 6.23. The zero-order valence-corrected chi connectivity index (χ0v) is 12.7. The number of carbonyl (C=O) groups excluding carboxylic acids is 1. The van der Waals surface area contributed by atoms with Crippen molar-refractivity contribution in [3.05, 3.63) is 0 Å². The molecule has 0 unspecified atom stereocenters. The van der Waals surface area contributed by atoms with Gasteiger partial charge < -0.3 is 15.4 Å². The Morgan fingerprint density at radius 1 is 1.10 bits per heavy atom. The van der Waals surface area contributed by atoms with E-state index in [1.54, 1.807) is 0 Å². The molecule has 2 N–H and O–H groups in total. The van der Waals surface area contributed by atoms with Crippen LogP contribution in [0.4, 0.5) is 0 Å². The van der Waals surface area contributed by atoms with E-state index in [0.717, 1.165) is 44.8 Å². The van der Waals surface area contributed by atoms with Crippen molar-refractivity contribution in [3.63, 3.8) is 0 Å². The molecule has 2 rings (SSSR count). The quantitative estimate of drug-likeness (QED) is 0.753. The molecule has 1 aliphatic carbocycles. The Morgan fingerprint density at radius 2 is 1.85 bits per heavy atom. The van der Waals surface area contributed by atoms with Crippen LogP contribution in [0.2, 0.25) is 0 Å². The Balaban J connectivity index is 1.45. The van der Waals surface area contributed by atoms with Gasteiger partial charge in [-0.3, -0.25) is 4.79 Å². The fraction of sp³-hybridized carbons (Fsp3) is 0.938. The van der Waals surface area contributed by atoms with Gasteiger partial charge in [0.2, 0.25) is 5.91 Å². The maximum atomic E-state index is 11.7. The summed E-state index contributed by atoms with van der Waals surface area (Å²) in [5, 5.41) is 6.35. The number of carbonyl (C=O) groups is 1. The predicted molar refractivity (Wildman–Crippen MR) is 80.7 cm³/mol. The van der Waals surface area contributed by atoms with E-state index in [0.29, 0.717) is 19.1 Å². The van der Waals surface area contributed by atoms with Gasteiger partial charge in [-0.05, 0) is 38.3 Å². The first-order chi connectivity index (χ1) is 9.84. The highest BCUT2D eigenvalue weighted by Crippen LogP contribution is 2.25. The average molecular weight is 282 g/mol. The van der Waals surface area contributed by atoms with Gasteiger partial charge in [0.05, 0.1) is 12.7 Å². The molecule has 0 aromatic rings. The summed E-state index contributed by atoms with van der Waals surface area (Å²) in [4.78, 5) is 11.7. The highest BCUT2D eigenvalue weighted by atomic mass is 16.5. The maximum Gasteiger partial charge on any atom is 0.222 e. The van der Waals surface area contributed by atoms with E-state index >= 15 is 0 Å². The Labute approximate surface area is 123 Å². The fourth-order valence-electron chi connectivity index (χ4n) is 3.26. The zero-order valence-electron chi connectivity index (χ0n) is 12.7. The van der Waals surface area contributed by atoms with Crippen molar-refractivity contribution >= 4 is 5.91 Å². The first-order valence-electron chi connectivity index (χ1n) is 8.43. The Bertz CT molecular complexity index is 246. The number of nitrogens with one attached hydrogen (secondary N) is 2. The van der Waals surface area contributed by atoms with Crippen LogP contribution in [0.1, 0.15) is 57.8 Å². The second kappa shape index (κ2) is 9.35. The molecule has 2 fully saturated rings. The van der Waals surface area contributed by atoms with Gasteiger partial charge in [-0.15, -0.1) is 0 Å². The van der Waals surface area contributed by atoms with Gasteiger partial charge in [-0.2, -0.15) is 0 Å². The van der Waals surface area contributed by atoms with Crippen molar-refractivity contribution in [1.82, 2.24) is 10.6 Å². The number of piperidine rings is 1. The molecule has 1 saturated carbocycles. The predicted octanol–water partition coefficient (Wildman–Crippen LogP) is 2.23. The minimum Gasteiger partial charge on any atom is -0.378 e. The molecule has 4 nitrogen and oxygen atoms in total. The minimum atomic E-state index is 0.148. The highest BCUT2D eigenvalue weighted by Gasteiger charge is 2.15. The molecule has 1 heterocycles. The standard InChI is InChI=1S/C16H30N2O2/c19-16(9-13-20-15-7-10-17-11-8-15)18-12-6-14-4-2-1-3-5-14/h14-15,17H,1-13H2,(H,18,19). The van der Waals surface area contributed by atoms with E-state index in [-0.39, 0.29) is 5.91 Å². The van der Waals surface area contributed by atoms with E-state index in [4.69, 9.17) is 4.74 Å². The van der Waals surface area contributed by atoms with Crippen LogP contribution in [0.15, 0.2) is 0 Å². The molecule has 0 bridgehead atoms. The first kappa shape index (κ1) is 15.8. The second-order valence-electron chi connectivity index (χ2n) is 6.21. The van der Waals surface area contributed by atoms with Gasteiger partial charge in [-0.1, -0.05) is 32.1 Å². The van der Waals surface area contributed by atoms with Crippen molar-refractivity contribution in [1.29, 1.82) is 0 Å². The third-order valence-corrected chi connectivity index (χ3v) is 4.57. The monoisotopic (exact) mass is 282 g/mol. The number of rotatable bonds is 7. The lowest BCUT2D eigenvalue weighted by Gasteiger charge is -2.23. The summed E-state index contributed by atoms with van der Waals surface area (Å²) in [6.07, 6.45) is 11.0. The lowest BCUT2D eigenvalue weighted by atomic mass is 9.87. The van der Waals surface area contributed by atoms with E-state index in [9.17, 15) is 4.79 Å². The second-order valence-corrected chi connectivity index (χ2v) is 6.21. The molecule has 116 valence electrons. The van der Waals surface area contributed by atoms with Crippen LogP contribution in [-0.2, 0) is 9.53 Å². The summed E-state index contributed by atoms with van der Waals surface area (Å²) < 4.78 is 5.75. The third-order valence-electron chi connectivity index (χ3n) is 4.57. The SMILES string of the molecule is O=C(CCOC1CCNCC1)NCCC1CCCCC1. The van der Waals surface area contributed by atoms with Crippen LogP contribution in [0.3, 0.4) is 0 Å². The molecule has 1 saturated heterocycles. The van der Waals surface area contributed by atoms with Crippen LogP contribution in [-0.4, -0.2) is 38.3 Å². The summed E-state index contributed by atoms with van der Waals surface area (Å²) in [5.74, 6) is 0.991.